The fourth-order valence-electron chi connectivity index (χ4n) is 7.53. The molecule has 272 valence electrons. The van der Waals surface area contributed by atoms with Gasteiger partial charge < -0.3 is 4.42 Å². The summed E-state index contributed by atoms with van der Waals surface area (Å²) >= 11 is 0. The van der Waals surface area contributed by atoms with E-state index in [2.05, 4.69) is 183 Å². The van der Waals surface area contributed by atoms with E-state index in [4.69, 9.17) is 19.4 Å². The maximum Gasteiger partial charge on any atom is 0.227 e. The molecule has 0 saturated heterocycles. The van der Waals surface area contributed by atoms with Crippen molar-refractivity contribution >= 4 is 33.1 Å². The number of hydrogen-bond donors (Lipinski definition) is 0. The summed E-state index contributed by atoms with van der Waals surface area (Å²) in [5, 5.41) is 1.98. The first-order valence-corrected chi connectivity index (χ1v) is 19.3. The highest BCUT2D eigenvalue weighted by Crippen LogP contribution is 2.43. The quantitative estimate of drug-likeness (QED) is 0.172. The van der Waals surface area contributed by atoms with Crippen LogP contribution in [0.25, 0.3) is 72.7 Å². The van der Waals surface area contributed by atoms with Crippen molar-refractivity contribution in [2.75, 3.05) is 0 Å². The minimum absolute atomic E-state index is 0.0335. The maximum atomic E-state index is 6.82. The van der Waals surface area contributed by atoms with Crippen molar-refractivity contribution in [1.29, 1.82) is 0 Å². The largest absolute Gasteiger partial charge is 0.437 e. The van der Waals surface area contributed by atoms with Crippen LogP contribution in [0.1, 0.15) is 103 Å². The van der Waals surface area contributed by atoms with Gasteiger partial charge in [0, 0.05) is 21.9 Å². The van der Waals surface area contributed by atoms with Gasteiger partial charge in [-0.3, -0.25) is 9.55 Å². The van der Waals surface area contributed by atoms with Crippen molar-refractivity contribution in [2.45, 2.75) is 91.9 Å². The molecule has 0 aliphatic rings. The first kappa shape index (κ1) is 35.5. The maximum absolute atomic E-state index is 6.82. The normalized spacial score (nSPS) is 12.6. The zero-order chi connectivity index (χ0) is 38.1. The Bertz CT molecular complexity index is 2620. The Morgan fingerprint density at radius 2 is 1.26 bits per heavy atom. The highest BCUT2D eigenvalue weighted by atomic mass is 16.3. The van der Waals surface area contributed by atoms with Crippen molar-refractivity contribution in [3.8, 4) is 39.6 Å². The van der Waals surface area contributed by atoms with Crippen molar-refractivity contribution < 1.29 is 4.42 Å². The van der Waals surface area contributed by atoms with E-state index in [9.17, 15) is 0 Å². The molecule has 5 heteroatoms. The number of rotatable bonds is 6. The summed E-state index contributed by atoms with van der Waals surface area (Å²) in [4.78, 5) is 15.6. The predicted molar refractivity (Wildman–Crippen MR) is 226 cm³/mol. The Hall–Kier alpha value is -5.55. The summed E-state index contributed by atoms with van der Waals surface area (Å²) in [5.74, 6) is 1.39. The number of benzene rings is 4. The molecule has 0 spiro atoms. The van der Waals surface area contributed by atoms with Gasteiger partial charge in [0.25, 0.3) is 0 Å². The molecule has 4 aromatic heterocycles. The zero-order valence-electron chi connectivity index (χ0n) is 33.2. The first-order valence-electron chi connectivity index (χ1n) is 19.3. The standard InChI is InChI=1S/C49H50N4O/c1-29(2)37-25-32(31-17-12-11-13-18-31)26-38(30(3)4)44(37)53-42-22-15-14-21-40(42)51-46(53)36-20-16-19-34-35-23-24-39(52-47(35)54-45(34)36)41-27-33(48(5,6)7)28-43(50-41)49(8,9)10/h11-30H,1-10H3. The first-order chi connectivity index (χ1) is 25.7. The lowest BCUT2D eigenvalue weighted by Crippen LogP contribution is -2.18. The van der Waals surface area contributed by atoms with Gasteiger partial charge >= 0.3 is 0 Å². The average molecular weight is 711 g/mol. The summed E-state index contributed by atoms with van der Waals surface area (Å²) < 4.78 is 9.20. The van der Waals surface area contributed by atoms with Crippen LogP contribution in [0, 0.1) is 0 Å². The van der Waals surface area contributed by atoms with Crippen LogP contribution in [0.2, 0.25) is 0 Å². The third-order valence-corrected chi connectivity index (χ3v) is 10.6. The molecular weight excluding hydrogens is 661 g/mol. The summed E-state index contributed by atoms with van der Waals surface area (Å²) in [5.41, 5.74) is 14.3. The van der Waals surface area contributed by atoms with Crippen molar-refractivity contribution in [3.63, 3.8) is 0 Å². The summed E-state index contributed by atoms with van der Waals surface area (Å²) in [6.45, 7) is 22.5. The number of hydrogen-bond acceptors (Lipinski definition) is 4. The van der Waals surface area contributed by atoms with E-state index < -0.39 is 0 Å². The molecule has 8 rings (SSSR count). The van der Waals surface area contributed by atoms with Gasteiger partial charge in [-0.1, -0.05) is 124 Å². The van der Waals surface area contributed by atoms with Crippen LogP contribution in [0.3, 0.4) is 0 Å². The van der Waals surface area contributed by atoms with Gasteiger partial charge in [-0.05, 0) is 99.7 Å². The number of aromatic nitrogens is 4. The molecule has 4 aromatic carbocycles. The summed E-state index contributed by atoms with van der Waals surface area (Å²) in [6.07, 6.45) is 0. The molecule has 8 aromatic rings. The second-order valence-electron chi connectivity index (χ2n) is 17.4. The van der Waals surface area contributed by atoms with E-state index in [-0.39, 0.29) is 22.7 Å². The molecule has 0 fully saturated rings. The average Bonchev–Trinajstić information content (AvgIpc) is 3.72. The fraction of sp³-hybridized carbons (Fsp3) is 0.286. The monoisotopic (exact) mass is 710 g/mol. The van der Waals surface area contributed by atoms with Crippen LogP contribution < -0.4 is 0 Å². The van der Waals surface area contributed by atoms with Crippen molar-refractivity contribution in [3.05, 3.63) is 132 Å². The van der Waals surface area contributed by atoms with Crippen LogP contribution in [0.15, 0.2) is 114 Å². The second kappa shape index (κ2) is 13.1. The molecule has 0 amide bonds. The molecule has 0 atom stereocenters. The number of nitrogens with zero attached hydrogens (tertiary/aromatic N) is 4. The number of pyridine rings is 2. The van der Waals surface area contributed by atoms with Crippen molar-refractivity contribution in [1.82, 2.24) is 19.5 Å². The van der Waals surface area contributed by atoms with Crippen LogP contribution in [-0.4, -0.2) is 19.5 Å². The fourth-order valence-corrected chi connectivity index (χ4v) is 7.53. The van der Waals surface area contributed by atoms with E-state index in [0.29, 0.717) is 5.71 Å². The second-order valence-corrected chi connectivity index (χ2v) is 17.4. The lowest BCUT2D eigenvalue weighted by atomic mass is 9.83. The van der Waals surface area contributed by atoms with Gasteiger partial charge in [-0.2, -0.15) is 0 Å². The van der Waals surface area contributed by atoms with E-state index in [1.807, 2.05) is 0 Å². The Labute approximate surface area is 319 Å². The molecule has 0 aliphatic heterocycles. The summed E-state index contributed by atoms with van der Waals surface area (Å²) in [7, 11) is 0. The number of fused-ring (bicyclic) bond motifs is 4. The van der Waals surface area contributed by atoms with Crippen molar-refractivity contribution in [2.24, 2.45) is 0 Å². The van der Waals surface area contributed by atoms with E-state index in [1.165, 1.54) is 33.5 Å². The molecule has 4 heterocycles. The van der Waals surface area contributed by atoms with Gasteiger partial charge in [-0.25, -0.2) is 9.97 Å². The Kier molecular flexibility index (Phi) is 8.60. The van der Waals surface area contributed by atoms with E-state index in [0.717, 1.165) is 55.9 Å². The smallest absolute Gasteiger partial charge is 0.227 e. The van der Waals surface area contributed by atoms with Gasteiger partial charge in [0.15, 0.2) is 0 Å². The highest BCUT2D eigenvalue weighted by Gasteiger charge is 2.27. The predicted octanol–water partition coefficient (Wildman–Crippen LogP) is 13.6. The molecule has 54 heavy (non-hydrogen) atoms. The highest BCUT2D eigenvalue weighted by molar-refractivity contribution is 6.09. The third kappa shape index (κ3) is 6.20. The van der Waals surface area contributed by atoms with Crippen LogP contribution in [0.5, 0.6) is 0 Å². The number of furan rings is 1. The minimum Gasteiger partial charge on any atom is -0.437 e. The molecule has 0 radical (unpaired) electrons. The Morgan fingerprint density at radius 1 is 0.574 bits per heavy atom. The van der Waals surface area contributed by atoms with Crippen LogP contribution in [-0.2, 0) is 10.8 Å². The van der Waals surface area contributed by atoms with E-state index in [1.54, 1.807) is 0 Å². The van der Waals surface area contributed by atoms with E-state index >= 15 is 0 Å². The lowest BCUT2D eigenvalue weighted by molar-refractivity contribution is 0.553. The van der Waals surface area contributed by atoms with Crippen LogP contribution >= 0.6 is 0 Å². The van der Waals surface area contributed by atoms with Gasteiger partial charge in [0.1, 0.15) is 11.4 Å². The van der Waals surface area contributed by atoms with Gasteiger partial charge in [0.05, 0.1) is 33.7 Å². The molecule has 0 N–H and O–H groups in total. The molecule has 0 bridgehead atoms. The number of imidazole rings is 1. The SMILES string of the molecule is CC(C)c1cc(-c2ccccc2)cc(C(C)C)c1-n1c(-c2cccc3c2oc2nc(-c4cc(C(C)(C)C)cc(C(C)(C)C)n4)ccc23)nc2ccccc21. The Balaban J connectivity index is 1.37. The molecule has 0 unspecified atom stereocenters. The van der Waals surface area contributed by atoms with Gasteiger partial charge in [0.2, 0.25) is 5.71 Å². The van der Waals surface area contributed by atoms with Gasteiger partial charge in [-0.15, -0.1) is 0 Å². The minimum atomic E-state index is -0.105. The summed E-state index contributed by atoms with van der Waals surface area (Å²) in [6, 6.07) is 38.9. The van der Waals surface area contributed by atoms with Crippen LogP contribution in [0.4, 0.5) is 0 Å². The topological polar surface area (TPSA) is 56.7 Å². The number of para-hydroxylation sites is 3. The molecule has 0 aliphatic carbocycles. The zero-order valence-corrected chi connectivity index (χ0v) is 33.2. The lowest BCUT2D eigenvalue weighted by Gasteiger charge is -2.25. The Morgan fingerprint density at radius 3 is 1.93 bits per heavy atom. The third-order valence-electron chi connectivity index (χ3n) is 10.6. The molecular formula is C49H50N4O. The molecule has 0 saturated carbocycles. The molecule has 5 nitrogen and oxygen atoms in total.